The number of aliphatic hydroxyl groups excluding tert-OH is 1. The fourth-order valence-corrected chi connectivity index (χ4v) is 4.47. The second kappa shape index (κ2) is 8.24. The number of hydrogen-bond donors (Lipinski definition) is 2. The number of fused-ring (bicyclic) bond motifs is 1. The van der Waals surface area contributed by atoms with Gasteiger partial charge in [0.2, 0.25) is 0 Å². The van der Waals surface area contributed by atoms with Gasteiger partial charge in [-0.2, -0.15) is 0 Å². The van der Waals surface area contributed by atoms with Crippen molar-refractivity contribution in [1.29, 1.82) is 0 Å². The molecule has 0 radical (unpaired) electrons. The van der Waals surface area contributed by atoms with Crippen molar-refractivity contribution >= 4 is 11.7 Å². The van der Waals surface area contributed by atoms with E-state index in [0.29, 0.717) is 54.2 Å². The van der Waals surface area contributed by atoms with E-state index in [0.717, 1.165) is 6.42 Å². The standard InChI is InChI=1S/C21H26N4O4/c1-28-18-4-3-13(9-19(18)29-2)21(27)25-11-14-7-16(17(26)8-15(14)12-25)24-20-10-22-5-6-23-20/h3-6,9-10,14-17,26H,7-8,11-12H2,1-2H3,(H,23,24)/t14-,15+,16-,17-/m1/s1. The van der Waals surface area contributed by atoms with Crippen molar-refractivity contribution < 1.29 is 19.4 Å². The highest BCUT2D eigenvalue weighted by molar-refractivity contribution is 5.95. The predicted molar refractivity (Wildman–Crippen MR) is 107 cm³/mol. The third kappa shape index (κ3) is 3.98. The molecule has 8 heteroatoms. The second-order valence-corrected chi connectivity index (χ2v) is 7.68. The summed E-state index contributed by atoms with van der Waals surface area (Å²) in [6.45, 7) is 1.34. The third-order valence-electron chi connectivity index (χ3n) is 5.96. The van der Waals surface area contributed by atoms with Crippen LogP contribution in [0.1, 0.15) is 23.2 Å². The van der Waals surface area contributed by atoms with Crippen LogP contribution in [0.4, 0.5) is 5.82 Å². The fourth-order valence-electron chi connectivity index (χ4n) is 4.47. The summed E-state index contributed by atoms with van der Waals surface area (Å²) in [4.78, 5) is 23.2. The number of anilines is 1. The van der Waals surface area contributed by atoms with Gasteiger partial charge < -0.3 is 24.8 Å². The Hall–Kier alpha value is -2.87. The number of carbonyl (C=O) groups excluding carboxylic acids is 1. The molecule has 4 atom stereocenters. The lowest BCUT2D eigenvalue weighted by molar-refractivity contribution is 0.0727. The molecule has 1 saturated carbocycles. The summed E-state index contributed by atoms with van der Waals surface area (Å²) < 4.78 is 10.6. The maximum Gasteiger partial charge on any atom is 0.254 e. The number of hydrogen-bond acceptors (Lipinski definition) is 7. The number of methoxy groups -OCH3 is 2. The van der Waals surface area contributed by atoms with Crippen LogP contribution in [0.3, 0.4) is 0 Å². The van der Waals surface area contributed by atoms with Crippen molar-refractivity contribution in [2.45, 2.75) is 25.0 Å². The van der Waals surface area contributed by atoms with Gasteiger partial charge in [0.15, 0.2) is 11.5 Å². The molecule has 0 bridgehead atoms. The molecule has 1 amide bonds. The molecule has 4 rings (SSSR count). The van der Waals surface area contributed by atoms with E-state index in [4.69, 9.17) is 9.47 Å². The van der Waals surface area contributed by atoms with Crippen molar-refractivity contribution in [2.24, 2.45) is 11.8 Å². The average molecular weight is 398 g/mol. The number of benzene rings is 1. The Labute approximate surface area is 169 Å². The Kier molecular flexibility index (Phi) is 5.53. The van der Waals surface area contributed by atoms with E-state index >= 15 is 0 Å². The van der Waals surface area contributed by atoms with E-state index in [1.165, 1.54) is 0 Å². The second-order valence-electron chi connectivity index (χ2n) is 7.68. The van der Waals surface area contributed by atoms with E-state index < -0.39 is 6.10 Å². The minimum absolute atomic E-state index is 0.0201. The van der Waals surface area contributed by atoms with Crippen molar-refractivity contribution in [3.8, 4) is 11.5 Å². The maximum absolute atomic E-state index is 13.0. The highest BCUT2D eigenvalue weighted by Crippen LogP contribution is 2.38. The minimum Gasteiger partial charge on any atom is -0.493 e. The van der Waals surface area contributed by atoms with Gasteiger partial charge in [0.05, 0.1) is 32.6 Å². The summed E-state index contributed by atoms with van der Waals surface area (Å²) in [5.74, 6) is 2.42. The van der Waals surface area contributed by atoms with Crippen molar-refractivity contribution in [1.82, 2.24) is 14.9 Å². The number of nitrogens with one attached hydrogen (secondary N) is 1. The Balaban J connectivity index is 1.43. The molecule has 2 aromatic rings. The molecule has 1 aromatic carbocycles. The quantitative estimate of drug-likeness (QED) is 0.793. The van der Waals surface area contributed by atoms with Gasteiger partial charge in [0.1, 0.15) is 5.82 Å². The summed E-state index contributed by atoms with van der Waals surface area (Å²) in [6.07, 6.45) is 5.87. The lowest BCUT2D eigenvalue weighted by Gasteiger charge is -2.35. The molecule has 1 saturated heterocycles. The third-order valence-corrected chi connectivity index (χ3v) is 5.96. The number of carbonyl (C=O) groups is 1. The zero-order valence-electron chi connectivity index (χ0n) is 16.6. The monoisotopic (exact) mass is 398 g/mol. The Morgan fingerprint density at radius 3 is 2.59 bits per heavy atom. The van der Waals surface area contributed by atoms with Crippen LogP contribution in [-0.4, -0.2) is 65.3 Å². The van der Waals surface area contributed by atoms with Crippen LogP contribution in [-0.2, 0) is 0 Å². The van der Waals surface area contributed by atoms with E-state index in [1.54, 1.807) is 51.0 Å². The van der Waals surface area contributed by atoms with Gasteiger partial charge in [0, 0.05) is 31.0 Å². The lowest BCUT2D eigenvalue weighted by Crippen LogP contribution is -2.43. The molecule has 0 unspecified atom stereocenters. The zero-order chi connectivity index (χ0) is 20.4. The first-order valence-corrected chi connectivity index (χ1v) is 9.81. The van der Waals surface area contributed by atoms with Gasteiger partial charge in [0.25, 0.3) is 5.91 Å². The van der Waals surface area contributed by atoms with Gasteiger partial charge in [-0.05, 0) is 42.9 Å². The number of aromatic nitrogens is 2. The molecule has 154 valence electrons. The Morgan fingerprint density at radius 2 is 1.90 bits per heavy atom. The Morgan fingerprint density at radius 1 is 1.14 bits per heavy atom. The molecule has 0 spiro atoms. The minimum atomic E-state index is -0.477. The van der Waals surface area contributed by atoms with Gasteiger partial charge in [-0.15, -0.1) is 0 Å². The van der Waals surface area contributed by atoms with Crippen LogP contribution < -0.4 is 14.8 Å². The van der Waals surface area contributed by atoms with Crippen LogP contribution in [0, 0.1) is 11.8 Å². The van der Waals surface area contributed by atoms with Crippen LogP contribution in [0.25, 0.3) is 0 Å². The molecular weight excluding hydrogens is 372 g/mol. The topological polar surface area (TPSA) is 96.8 Å². The average Bonchev–Trinajstić information content (AvgIpc) is 3.16. The van der Waals surface area contributed by atoms with E-state index in [-0.39, 0.29) is 11.9 Å². The predicted octanol–water partition coefficient (Wildman–Crippen LogP) is 1.82. The van der Waals surface area contributed by atoms with Gasteiger partial charge >= 0.3 is 0 Å². The molecule has 1 aliphatic carbocycles. The molecule has 8 nitrogen and oxygen atoms in total. The van der Waals surface area contributed by atoms with Crippen molar-refractivity contribution in [3.63, 3.8) is 0 Å². The molecule has 2 N–H and O–H groups in total. The normalized spacial score (nSPS) is 26.0. The molecule has 1 aromatic heterocycles. The smallest absolute Gasteiger partial charge is 0.254 e. The fraction of sp³-hybridized carbons (Fsp3) is 0.476. The van der Waals surface area contributed by atoms with Crippen LogP contribution in [0.5, 0.6) is 11.5 Å². The van der Waals surface area contributed by atoms with E-state index in [9.17, 15) is 9.90 Å². The highest BCUT2D eigenvalue weighted by atomic mass is 16.5. The van der Waals surface area contributed by atoms with Gasteiger partial charge in [-0.3, -0.25) is 9.78 Å². The first kappa shape index (κ1) is 19.4. The number of aliphatic hydroxyl groups is 1. The maximum atomic E-state index is 13.0. The molecule has 2 fully saturated rings. The summed E-state index contributed by atoms with van der Waals surface area (Å²) in [7, 11) is 3.13. The highest BCUT2D eigenvalue weighted by Gasteiger charge is 2.43. The van der Waals surface area contributed by atoms with E-state index in [1.807, 2.05) is 4.90 Å². The summed E-state index contributed by atoms with van der Waals surface area (Å²) in [6, 6.07) is 5.14. The molecular formula is C21H26N4O4. The van der Waals surface area contributed by atoms with Gasteiger partial charge in [-0.1, -0.05) is 0 Å². The molecule has 2 heterocycles. The van der Waals surface area contributed by atoms with Crippen molar-refractivity contribution in [3.05, 3.63) is 42.4 Å². The molecule has 1 aliphatic heterocycles. The van der Waals surface area contributed by atoms with E-state index in [2.05, 4.69) is 15.3 Å². The first-order valence-electron chi connectivity index (χ1n) is 9.81. The largest absolute Gasteiger partial charge is 0.493 e. The Bertz CT molecular complexity index is 863. The summed E-state index contributed by atoms with van der Waals surface area (Å²) in [5, 5.41) is 13.9. The summed E-state index contributed by atoms with van der Waals surface area (Å²) in [5.41, 5.74) is 0.580. The van der Waals surface area contributed by atoms with Crippen LogP contribution in [0.2, 0.25) is 0 Å². The number of nitrogens with zero attached hydrogens (tertiary/aromatic N) is 3. The number of amides is 1. The number of likely N-dealkylation sites (tertiary alicyclic amines) is 1. The van der Waals surface area contributed by atoms with Crippen LogP contribution in [0.15, 0.2) is 36.8 Å². The summed E-state index contributed by atoms with van der Waals surface area (Å²) >= 11 is 0. The van der Waals surface area contributed by atoms with Gasteiger partial charge in [-0.25, -0.2) is 4.98 Å². The van der Waals surface area contributed by atoms with Crippen LogP contribution >= 0.6 is 0 Å². The van der Waals surface area contributed by atoms with Crippen molar-refractivity contribution in [2.75, 3.05) is 32.6 Å². The molecule has 29 heavy (non-hydrogen) atoms. The lowest BCUT2D eigenvalue weighted by atomic mass is 9.77. The SMILES string of the molecule is COc1ccc(C(=O)N2C[C@H]3C[C@@H](Nc4cnccn4)[C@H](O)C[C@H]3C2)cc1OC. The number of ether oxygens (including phenoxy) is 2. The first-order chi connectivity index (χ1) is 14.1. The zero-order valence-corrected chi connectivity index (χ0v) is 16.6. The molecule has 2 aliphatic rings. The number of rotatable bonds is 5.